The maximum Gasteiger partial charge on any atom is 0.405 e. The third kappa shape index (κ3) is 34.9. The largest absolute Gasteiger partial charge is 0.405 e. The lowest BCUT2D eigenvalue weighted by molar-refractivity contribution is 0.139. The maximum atomic E-state index is 14.6. The molecule has 0 bridgehead atoms. The van der Waals surface area contributed by atoms with E-state index in [1.54, 1.807) is 0 Å². The minimum Gasteiger partial charge on any atom is -0.302 e. The molecule has 1 rings (SSSR count). The molecule has 0 aliphatic carbocycles. The van der Waals surface area contributed by atoms with E-state index in [0.29, 0.717) is 31.6 Å². The summed E-state index contributed by atoms with van der Waals surface area (Å²) in [7, 11) is -3.40. The van der Waals surface area contributed by atoms with E-state index in [1.165, 1.54) is 244 Å². The van der Waals surface area contributed by atoms with Crippen molar-refractivity contribution in [3.63, 3.8) is 0 Å². The molecule has 0 aromatic carbocycles. The number of unbranched alkanes of at least 4 members (excludes halogenated alkanes) is 28. The van der Waals surface area contributed by atoms with Crippen LogP contribution in [0.5, 0.6) is 0 Å². The van der Waals surface area contributed by atoms with Crippen LogP contribution in [0.3, 0.4) is 0 Å². The van der Waals surface area contributed by atoms with E-state index in [9.17, 15) is 4.57 Å². The van der Waals surface area contributed by atoms with E-state index in [0.717, 1.165) is 19.6 Å². The molecule has 56 heavy (non-hydrogen) atoms. The minimum atomic E-state index is -3.40. The fourth-order valence-electron chi connectivity index (χ4n) is 8.78. The maximum absolute atomic E-state index is 14.6. The Balaban J connectivity index is 2.82. The van der Waals surface area contributed by atoms with Crippen LogP contribution in [-0.2, 0) is 13.6 Å². The average Bonchev–Trinajstić information content (AvgIpc) is 3.73. The standard InChI is InChI=1S/C50H103N2O3P/c1-5-9-13-17-21-25-29-33-39-49(40-34-30-26-22-18-14-10-6-2)47-54-56(53,51-43-46-52-44-37-38-45-52)55-48-50(41-35-31-27-23-19-15-11-7-3)42-36-32-28-24-20-16-12-8-4/h49-50H,5-48H2,1-4H3,(H,51,53). The molecule has 1 fully saturated rings. The fraction of sp³-hybridized carbons (Fsp3) is 1.00. The van der Waals surface area contributed by atoms with Crippen molar-refractivity contribution in [3.05, 3.63) is 0 Å². The Bertz CT molecular complexity index is 730. The summed E-state index contributed by atoms with van der Waals surface area (Å²) in [5.74, 6) is 0.941. The first kappa shape index (κ1) is 54.1. The zero-order valence-corrected chi connectivity index (χ0v) is 39.8. The number of nitrogens with one attached hydrogen (secondary N) is 1. The second-order valence-corrected chi connectivity index (χ2v) is 20.2. The van der Waals surface area contributed by atoms with Crippen molar-refractivity contribution >= 4 is 7.75 Å². The summed E-state index contributed by atoms with van der Waals surface area (Å²) >= 11 is 0. The number of hydrogen-bond acceptors (Lipinski definition) is 4. The Morgan fingerprint density at radius 2 is 0.696 bits per heavy atom. The molecule has 1 N–H and O–H groups in total. The van der Waals surface area contributed by atoms with Crippen LogP contribution in [0.1, 0.15) is 272 Å². The first-order valence-corrected chi connectivity index (χ1v) is 27.5. The van der Waals surface area contributed by atoms with Crippen LogP contribution in [0.15, 0.2) is 0 Å². The Morgan fingerprint density at radius 3 is 0.982 bits per heavy atom. The first-order valence-electron chi connectivity index (χ1n) is 25.9. The highest BCUT2D eigenvalue weighted by atomic mass is 31.2. The van der Waals surface area contributed by atoms with Crippen LogP contribution in [0.25, 0.3) is 0 Å². The Hall–Kier alpha value is 0.0700. The number of nitrogens with zero attached hydrogens (tertiary/aromatic N) is 1. The van der Waals surface area contributed by atoms with Gasteiger partial charge in [-0.05, 0) is 63.5 Å². The average molecular weight is 811 g/mol. The number of hydrogen-bond donors (Lipinski definition) is 1. The van der Waals surface area contributed by atoms with E-state index in [4.69, 9.17) is 9.05 Å². The minimum absolute atomic E-state index is 0.470. The molecule has 0 unspecified atom stereocenters. The van der Waals surface area contributed by atoms with Crippen molar-refractivity contribution in [2.75, 3.05) is 39.4 Å². The molecule has 5 nitrogen and oxygen atoms in total. The summed E-state index contributed by atoms with van der Waals surface area (Å²) in [5.41, 5.74) is 0. The fourth-order valence-corrected chi connectivity index (χ4v) is 10.2. The lowest BCUT2D eigenvalue weighted by atomic mass is 9.94. The smallest absolute Gasteiger partial charge is 0.302 e. The van der Waals surface area contributed by atoms with Gasteiger partial charge in [0.25, 0.3) is 0 Å². The molecule has 0 radical (unpaired) electrons. The molecule has 0 saturated carbocycles. The van der Waals surface area contributed by atoms with Crippen LogP contribution in [0.2, 0.25) is 0 Å². The predicted octanol–water partition coefficient (Wildman–Crippen LogP) is 17.2. The summed E-state index contributed by atoms with van der Waals surface area (Å²) in [4.78, 5) is 2.50. The zero-order chi connectivity index (χ0) is 40.5. The number of likely N-dealkylation sites (tertiary alicyclic amines) is 1. The van der Waals surface area contributed by atoms with E-state index in [2.05, 4.69) is 37.7 Å². The van der Waals surface area contributed by atoms with Crippen molar-refractivity contribution in [2.24, 2.45) is 11.8 Å². The van der Waals surface area contributed by atoms with Crippen molar-refractivity contribution in [3.8, 4) is 0 Å². The SMILES string of the molecule is CCCCCCCCCCC(CCCCCCCCCC)COP(=O)(NCCN1CCCC1)OCC(CCCCCCCCCC)CCCCCCCCCC. The van der Waals surface area contributed by atoms with Crippen LogP contribution in [0, 0.1) is 11.8 Å². The molecule has 1 heterocycles. The first-order chi connectivity index (χ1) is 27.6. The lowest BCUT2D eigenvalue weighted by Gasteiger charge is -2.26. The highest BCUT2D eigenvalue weighted by Gasteiger charge is 2.28. The Morgan fingerprint density at radius 1 is 0.429 bits per heavy atom. The van der Waals surface area contributed by atoms with Gasteiger partial charge in [-0.15, -0.1) is 0 Å². The summed E-state index contributed by atoms with van der Waals surface area (Å²) in [5, 5.41) is 3.41. The molecule has 1 aliphatic rings. The summed E-state index contributed by atoms with van der Waals surface area (Å²) in [6, 6.07) is 0. The topological polar surface area (TPSA) is 50.8 Å². The van der Waals surface area contributed by atoms with Crippen molar-refractivity contribution < 1.29 is 13.6 Å². The van der Waals surface area contributed by atoms with Gasteiger partial charge in [-0.3, -0.25) is 9.05 Å². The van der Waals surface area contributed by atoms with Gasteiger partial charge in [0.05, 0.1) is 13.2 Å². The highest BCUT2D eigenvalue weighted by Crippen LogP contribution is 2.45. The highest BCUT2D eigenvalue weighted by molar-refractivity contribution is 7.51. The monoisotopic (exact) mass is 811 g/mol. The molecule has 1 aliphatic heterocycles. The van der Waals surface area contributed by atoms with E-state index < -0.39 is 7.75 Å². The second-order valence-electron chi connectivity index (χ2n) is 18.3. The molecule has 336 valence electrons. The zero-order valence-electron chi connectivity index (χ0n) is 38.9. The van der Waals surface area contributed by atoms with Gasteiger partial charge in [0.1, 0.15) is 0 Å². The third-order valence-corrected chi connectivity index (χ3v) is 14.3. The molecular weight excluding hydrogens is 708 g/mol. The molecule has 0 aromatic heterocycles. The van der Waals surface area contributed by atoms with Gasteiger partial charge < -0.3 is 4.90 Å². The van der Waals surface area contributed by atoms with Crippen molar-refractivity contribution in [1.29, 1.82) is 0 Å². The normalized spacial score (nSPS) is 14.0. The Kier molecular flexibility index (Phi) is 40.4. The van der Waals surface area contributed by atoms with Gasteiger partial charge in [-0.2, -0.15) is 0 Å². The summed E-state index contributed by atoms with van der Waals surface area (Å²) < 4.78 is 27.7. The molecule has 6 heteroatoms. The quantitative estimate of drug-likeness (QED) is 0.0490. The molecule has 0 amide bonds. The van der Waals surface area contributed by atoms with Crippen LogP contribution >= 0.6 is 7.75 Å². The molecular formula is C50H103N2O3P. The molecule has 0 aromatic rings. The van der Waals surface area contributed by atoms with Crippen LogP contribution in [-0.4, -0.2) is 44.3 Å². The van der Waals surface area contributed by atoms with Crippen LogP contribution in [0.4, 0.5) is 0 Å². The molecule has 0 atom stereocenters. The van der Waals surface area contributed by atoms with E-state index >= 15 is 0 Å². The molecule has 1 saturated heterocycles. The molecule has 0 spiro atoms. The van der Waals surface area contributed by atoms with Gasteiger partial charge in [0, 0.05) is 13.1 Å². The Labute approximate surface area is 353 Å². The van der Waals surface area contributed by atoms with Crippen molar-refractivity contribution in [1.82, 2.24) is 9.99 Å². The van der Waals surface area contributed by atoms with E-state index in [-0.39, 0.29) is 0 Å². The van der Waals surface area contributed by atoms with Crippen LogP contribution < -0.4 is 5.09 Å². The summed E-state index contributed by atoms with van der Waals surface area (Å²) in [6.07, 6.45) is 50.6. The van der Waals surface area contributed by atoms with Gasteiger partial charge in [-0.25, -0.2) is 9.65 Å². The van der Waals surface area contributed by atoms with Gasteiger partial charge >= 0.3 is 7.75 Å². The third-order valence-electron chi connectivity index (χ3n) is 12.8. The van der Waals surface area contributed by atoms with Crippen molar-refractivity contribution in [2.45, 2.75) is 272 Å². The van der Waals surface area contributed by atoms with Gasteiger partial charge in [-0.1, -0.05) is 233 Å². The lowest BCUT2D eigenvalue weighted by Crippen LogP contribution is -2.30. The van der Waals surface area contributed by atoms with E-state index in [1.807, 2.05) is 0 Å². The second kappa shape index (κ2) is 41.8. The van der Waals surface area contributed by atoms with Gasteiger partial charge in [0.2, 0.25) is 0 Å². The van der Waals surface area contributed by atoms with Gasteiger partial charge in [0.15, 0.2) is 0 Å². The predicted molar refractivity (Wildman–Crippen MR) is 249 cm³/mol. The summed E-state index contributed by atoms with van der Waals surface area (Å²) in [6.45, 7) is 14.3. The number of rotatable bonds is 46.